The number of carbonyl (C=O) groups excluding carboxylic acids is 3. The Morgan fingerprint density at radius 3 is 1.90 bits per heavy atom. The predicted molar refractivity (Wildman–Crippen MR) is 199 cm³/mol. The van der Waals surface area contributed by atoms with E-state index in [-0.39, 0.29) is 24.3 Å². The van der Waals surface area contributed by atoms with Gasteiger partial charge in [-0.1, -0.05) is 48.0 Å². The molecule has 20 heteroatoms. The molecule has 58 heavy (non-hydrogen) atoms. The summed E-state index contributed by atoms with van der Waals surface area (Å²) < 4.78 is 63.5. The number of rotatable bonds is 7. The number of alkyl halides is 6. The van der Waals surface area contributed by atoms with E-state index in [1.807, 2.05) is 54.4 Å². The second kappa shape index (κ2) is 19.6. The first-order chi connectivity index (χ1) is 27.2. The number of carbonyl (C=O) groups is 5. The molecule has 0 radical (unpaired) electrons. The molecule has 3 aromatic rings. The maximum atomic E-state index is 13.9. The molecule has 3 amide bonds. The monoisotopic (exact) mass is 840 g/mol. The summed E-state index contributed by atoms with van der Waals surface area (Å²) in [6, 6.07) is 20.9. The van der Waals surface area contributed by atoms with Crippen molar-refractivity contribution >= 4 is 52.8 Å². The summed E-state index contributed by atoms with van der Waals surface area (Å²) in [4.78, 5) is 70.1. The maximum absolute atomic E-state index is 13.9. The van der Waals surface area contributed by atoms with Crippen molar-refractivity contribution in [3.05, 3.63) is 99.6 Å². The quantitative estimate of drug-likeness (QED) is 0.283. The van der Waals surface area contributed by atoms with Gasteiger partial charge in [-0.15, -0.1) is 0 Å². The number of hydrogen-bond acceptors (Lipinski definition) is 8. The van der Waals surface area contributed by atoms with E-state index >= 15 is 0 Å². The number of amides is 3. The Balaban J connectivity index is 0.000000456. The second-order valence-corrected chi connectivity index (χ2v) is 13.6. The van der Waals surface area contributed by atoms with Crippen molar-refractivity contribution in [2.24, 2.45) is 4.99 Å². The SMILES string of the molecule is CN1CCN=C1c1ccc(CN2C(=O)CN(C(=O)c3ccc(Cl)cc3)Cc3ccc(CCC(=O)N4CCNCC4)cc32)cc1.O=C(O)C(F)(F)F.O=C(O)C(F)(F)F. The summed E-state index contributed by atoms with van der Waals surface area (Å²) in [6.45, 7) is 5.40. The number of carboxylic acids is 2. The molecule has 0 bridgehead atoms. The smallest absolute Gasteiger partial charge is 0.475 e. The fourth-order valence-corrected chi connectivity index (χ4v) is 6.12. The average Bonchev–Trinajstić information content (AvgIpc) is 3.56. The van der Waals surface area contributed by atoms with Crippen LogP contribution in [-0.2, 0) is 38.7 Å². The van der Waals surface area contributed by atoms with Gasteiger partial charge in [0, 0.05) is 74.6 Å². The number of aryl methyl sites for hydroxylation is 1. The van der Waals surface area contributed by atoms with Crippen molar-refractivity contribution < 1.29 is 60.5 Å². The van der Waals surface area contributed by atoms with Crippen molar-refractivity contribution in [1.29, 1.82) is 0 Å². The summed E-state index contributed by atoms with van der Waals surface area (Å²) >= 11 is 6.05. The third-order valence-electron chi connectivity index (χ3n) is 9.00. The molecule has 312 valence electrons. The number of fused-ring (bicyclic) bond motifs is 1. The van der Waals surface area contributed by atoms with Crippen LogP contribution in [0.2, 0.25) is 5.02 Å². The summed E-state index contributed by atoms with van der Waals surface area (Å²) in [7, 11) is 2.04. The van der Waals surface area contributed by atoms with Crippen LogP contribution in [0.3, 0.4) is 0 Å². The van der Waals surface area contributed by atoms with Crippen LogP contribution in [0, 0.1) is 0 Å². The molecular formula is C38H39ClF6N6O7. The lowest BCUT2D eigenvalue weighted by Gasteiger charge is -2.27. The molecule has 6 rings (SSSR count). The van der Waals surface area contributed by atoms with Crippen molar-refractivity contribution in [1.82, 2.24) is 20.0 Å². The minimum absolute atomic E-state index is 0.0490. The normalized spacial score (nSPS) is 15.6. The molecule has 0 aromatic heterocycles. The number of halogens is 7. The van der Waals surface area contributed by atoms with Crippen molar-refractivity contribution in [3.63, 3.8) is 0 Å². The summed E-state index contributed by atoms with van der Waals surface area (Å²) in [5.74, 6) is -4.78. The highest BCUT2D eigenvalue weighted by atomic mass is 35.5. The maximum Gasteiger partial charge on any atom is 0.490 e. The number of hydrogen-bond donors (Lipinski definition) is 3. The van der Waals surface area contributed by atoms with Gasteiger partial charge in [-0.05, 0) is 53.4 Å². The molecule has 3 aromatic carbocycles. The minimum Gasteiger partial charge on any atom is -0.475 e. The fraction of sp³-hybridized carbons (Fsp3) is 0.368. The van der Waals surface area contributed by atoms with E-state index in [0.717, 1.165) is 73.0 Å². The number of nitrogens with zero attached hydrogens (tertiary/aromatic N) is 5. The zero-order chi connectivity index (χ0) is 42.8. The van der Waals surface area contributed by atoms with Gasteiger partial charge in [-0.2, -0.15) is 26.3 Å². The zero-order valence-electron chi connectivity index (χ0n) is 30.9. The Kier molecular flexibility index (Phi) is 15.2. The average molecular weight is 841 g/mol. The minimum atomic E-state index is -5.08. The lowest BCUT2D eigenvalue weighted by atomic mass is 10.0. The highest BCUT2D eigenvalue weighted by Crippen LogP contribution is 2.30. The topological polar surface area (TPSA) is 163 Å². The van der Waals surface area contributed by atoms with Crippen LogP contribution in [0.25, 0.3) is 0 Å². The van der Waals surface area contributed by atoms with Gasteiger partial charge in [0.2, 0.25) is 11.8 Å². The van der Waals surface area contributed by atoms with Crippen molar-refractivity contribution in [2.45, 2.75) is 38.3 Å². The number of carboxylic acid groups (broad SMARTS) is 2. The lowest BCUT2D eigenvalue weighted by Crippen LogP contribution is -2.46. The third kappa shape index (κ3) is 12.7. The van der Waals surface area contributed by atoms with Crippen LogP contribution in [0.4, 0.5) is 32.0 Å². The van der Waals surface area contributed by atoms with Gasteiger partial charge in [0.05, 0.1) is 13.1 Å². The van der Waals surface area contributed by atoms with Crippen molar-refractivity contribution in [3.8, 4) is 0 Å². The molecule has 1 saturated heterocycles. The second-order valence-electron chi connectivity index (χ2n) is 13.2. The van der Waals surface area contributed by atoms with E-state index in [1.165, 1.54) is 0 Å². The molecule has 3 N–H and O–H groups in total. The summed E-state index contributed by atoms with van der Waals surface area (Å²) in [6.07, 6.45) is -9.18. The van der Waals surface area contributed by atoms with Crippen LogP contribution < -0.4 is 10.2 Å². The highest BCUT2D eigenvalue weighted by Gasteiger charge is 2.39. The van der Waals surface area contributed by atoms with Gasteiger partial charge in [0.15, 0.2) is 0 Å². The Morgan fingerprint density at radius 1 is 0.793 bits per heavy atom. The van der Waals surface area contributed by atoms with Crippen LogP contribution in [0.5, 0.6) is 0 Å². The van der Waals surface area contributed by atoms with Gasteiger partial charge in [-0.3, -0.25) is 19.4 Å². The van der Waals surface area contributed by atoms with Gasteiger partial charge in [0.1, 0.15) is 12.4 Å². The first-order valence-electron chi connectivity index (χ1n) is 17.6. The van der Waals surface area contributed by atoms with Gasteiger partial charge < -0.3 is 35.1 Å². The molecule has 0 spiro atoms. The standard InChI is InChI=1S/C34H37ClN6O3.2C2HF3O2/c1-38-17-16-37-33(38)26-6-3-25(4-7-26)21-41-30-20-24(5-13-31(42)39-18-14-36-15-19-39)2-8-28(30)22-40(23-32(41)43)34(44)27-9-11-29(35)12-10-27;2*3-2(4,5)1(6)7/h2-4,6-12,20,36H,5,13-19,21-23H2,1H3;2*(H,6,7). The molecule has 13 nitrogen and oxygen atoms in total. The predicted octanol–water partition coefficient (Wildman–Crippen LogP) is 4.85. The number of anilines is 1. The summed E-state index contributed by atoms with van der Waals surface area (Å²) in [5, 5.41) is 18.1. The molecular weight excluding hydrogens is 802 g/mol. The molecule has 3 aliphatic rings. The van der Waals surface area contributed by atoms with Crippen LogP contribution in [-0.4, -0.2) is 126 Å². The first-order valence-corrected chi connectivity index (χ1v) is 18.0. The summed E-state index contributed by atoms with van der Waals surface area (Å²) in [5.41, 5.74) is 5.15. The molecule has 3 heterocycles. The van der Waals surface area contributed by atoms with Gasteiger partial charge in [0.25, 0.3) is 5.91 Å². The Morgan fingerprint density at radius 2 is 1.36 bits per heavy atom. The van der Waals surface area contributed by atoms with E-state index < -0.39 is 24.3 Å². The van der Waals surface area contributed by atoms with E-state index in [0.29, 0.717) is 36.5 Å². The van der Waals surface area contributed by atoms with E-state index in [1.54, 1.807) is 34.1 Å². The molecule has 0 saturated carbocycles. The Hall–Kier alpha value is -5.69. The Labute approximate surface area is 333 Å². The number of amidine groups is 1. The molecule has 1 fully saturated rings. The number of aliphatic imine (C=N–C) groups is 1. The van der Waals surface area contributed by atoms with E-state index in [9.17, 15) is 40.7 Å². The first kappa shape index (κ1) is 45.0. The van der Waals surface area contributed by atoms with Gasteiger partial charge >= 0.3 is 24.3 Å². The van der Waals surface area contributed by atoms with Crippen LogP contribution >= 0.6 is 11.6 Å². The number of nitrogens with one attached hydrogen (secondary N) is 1. The largest absolute Gasteiger partial charge is 0.490 e. The zero-order valence-corrected chi connectivity index (χ0v) is 31.7. The fourth-order valence-electron chi connectivity index (χ4n) is 6.00. The number of aliphatic carboxylic acids is 2. The number of piperazine rings is 1. The van der Waals surface area contributed by atoms with Crippen LogP contribution in [0.1, 0.15) is 39.0 Å². The van der Waals surface area contributed by atoms with Crippen molar-refractivity contribution in [2.75, 3.05) is 57.8 Å². The van der Waals surface area contributed by atoms with E-state index in [2.05, 4.69) is 15.2 Å². The van der Waals surface area contributed by atoms with Crippen LogP contribution in [0.15, 0.2) is 71.7 Å². The third-order valence-corrected chi connectivity index (χ3v) is 9.25. The lowest BCUT2D eigenvalue weighted by molar-refractivity contribution is -0.193. The number of benzene rings is 3. The number of likely N-dealkylation sites (N-methyl/N-ethyl adjacent to an activating group) is 1. The molecule has 0 atom stereocenters. The van der Waals surface area contributed by atoms with E-state index in [4.69, 9.17) is 31.4 Å². The highest BCUT2D eigenvalue weighted by molar-refractivity contribution is 6.30. The molecule has 0 aliphatic carbocycles. The molecule has 3 aliphatic heterocycles. The molecule has 0 unspecified atom stereocenters. The van der Waals surface area contributed by atoms with Gasteiger partial charge in [-0.25, -0.2) is 9.59 Å². The Bertz CT molecular complexity index is 1960.